The molecule has 2 aromatic rings. The first-order valence-corrected chi connectivity index (χ1v) is 9.58. The molecule has 0 fully saturated rings. The molecule has 160 valence electrons. The lowest BCUT2D eigenvalue weighted by Crippen LogP contribution is -2.34. The highest BCUT2D eigenvalue weighted by molar-refractivity contribution is 6.42. The smallest absolute Gasteiger partial charge is 0.411 e. The van der Waals surface area contributed by atoms with Gasteiger partial charge in [0.2, 0.25) is 0 Å². The molecular formula is C17H13Cl4N3O6. The number of carbonyl (C=O) groups excluding carboxylic acids is 2. The van der Waals surface area contributed by atoms with E-state index in [9.17, 15) is 19.7 Å². The van der Waals surface area contributed by atoms with Crippen molar-refractivity contribution in [3.05, 3.63) is 66.6 Å². The fourth-order valence-electron chi connectivity index (χ4n) is 1.97. The molecule has 0 aromatic heterocycles. The topological polar surface area (TPSA) is 120 Å². The molecule has 0 heterocycles. The van der Waals surface area contributed by atoms with Crippen LogP contribution in [0.2, 0.25) is 20.1 Å². The van der Waals surface area contributed by atoms with E-state index in [1.54, 1.807) is 0 Å². The van der Waals surface area contributed by atoms with Gasteiger partial charge in [-0.2, -0.15) is 0 Å². The van der Waals surface area contributed by atoms with Crippen molar-refractivity contribution in [1.82, 2.24) is 0 Å². The van der Waals surface area contributed by atoms with Crippen molar-refractivity contribution in [2.75, 3.05) is 23.8 Å². The zero-order valence-corrected chi connectivity index (χ0v) is 17.9. The number of rotatable bonds is 7. The summed E-state index contributed by atoms with van der Waals surface area (Å²) in [6.45, 7) is -1.28. The fourth-order valence-corrected chi connectivity index (χ4v) is 2.57. The lowest BCUT2D eigenvalue weighted by molar-refractivity contribution is -0.527. The number of ether oxygens (including phenoxy) is 2. The van der Waals surface area contributed by atoms with Gasteiger partial charge in [-0.25, -0.2) is 9.59 Å². The van der Waals surface area contributed by atoms with Crippen LogP contribution in [-0.2, 0) is 9.47 Å². The van der Waals surface area contributed by atoms with Crippen LogP contribution in [0, 0.1) is 10.1 Å². The van der Waals surface area contributed by atoms with E-state index in [0.29, 0.717) is 10.0 Å². The number of halogens is 4. The number of anilines is 2. The molecule has 13 heteroatoms. The molecule has 0 aliphatic carbocycles. The molecule has 2 amide bonds. The minimum Gasteiger partial charge on any atom is -0.442 e. The Bertz CT molecular complexity index is 890. The molecule has 2 N–H and O–H groups in total. The van der Waals surface area contributed by atoms with Crippen LogP contribution < -0.4 is 10.6 Å². The van der Waals surface area contributed by atoms with Gasteiger partial charge in [-0.05, 0) is 36.4 Å². The second kappa shape index (κ2) is 11.1. The van der Waals surface area contributed by atoms with Gasteiger partial charge >= 0.3 is 12.2 Å². The molecule has 9 nitrogen and oxygen atoms in total. The van der Waals surface area contributed by atoms with Crippen molar-refractivity contribution in [2.45, 2.75) is 6.04 Å². The number of amides is 2. The monoisotopic (exact) mass is 495 g/mol. The molecule has 0 aliphatic rings. The van der Waals surface area contributed by atoms with Crippen molar-refractivity contribution < 1.29 is 24.0 Å². The second-order valence-electron chi connectivity index (χ2n) is 5.64. The Morgan fingerprint density at radius 1 is 0.833 bits per heavy atom. The highest BCUT2D eigenvalue weighted by Crippen LogP contribution is 2.26. The van der Waals surface area contributed by atoms with E-state index in [0.717, 1.165) is 0 Å². The Hall–Kier alpha value is -2.46. The van der Waals surface area contributed by atoms with Crippen molar-refractivity contribution in [1.29, 1.82) is 0 Å². The molecule has 0 saturated heterocycles. The minimum absolute atomic E-state index is 0.207. The van der Waals surface area contributed by atoms with Crippen LogP contribution >= 0.6 is 46.4 Å². The summed E-state index contributed by atoms with van der Waals surface area (Å²) in [5.41, 5.74) is 0.564. The van der Waals surface area contributed by atoms with E-state index in [1.165, 1.54) is 36.4 Å². The molecule has 0 aliphatic heterocycles. The predicted octanol–water partition coefficient (Wildman–Crippen LogP) is 5.74. The molecule has 0 saturated carbocycles. The minimum atomic E-state index is -1.48. The Balaban J connectivity index is 1.82. The Kier molecular flexibility index (Phi) is 8.79. The molecular weight excluding hydrogens is 484 g/mol. The van der Waals surface area contributed by atoms with E-state index in [2.05, 4.69) is 10.6 Å². The summed E-state index contributed by atoms with van der Waals surface area (Å²) in [6, 6.07) is 7.14. The lowest BCUT2D eigenvalue weighted by atomic mass is 10.3. The summed E-state index contributed by atoms with van der Waals surface area (Å²) in [7, 11) is 0. The third-order valence-corrected chi connectivity index (χ3v) is 4.92. The summed E-state index contributed by atoms with van der Waals surface area (Å²) in [5.74, 6) is 0. The van der Waals surface area contributed by atoms with Gasteiger partial charge in [0.15, 0.2) is 13.2 Å². The third kappa shape index (κ3) is 7.42. The number of carbonyl (C=O) groups is 2. The van der Waals surface area contributed by atoms with Gasteiger partial charge in [0, 0.05) is 16.3 Å². The number of hydrogen-bond donors (Lipinski definition) is 2. The molecule has 2 aromatic carbocycles. The Labute approximate surface area is 190 Å². The number of hydrogen-bond acceptors (Lipinski definition) is 6. The summed E-state index contributed by atoms with van der Waals surface area (Å²) >= 11 is 23.2. The molecule has 0 atom stereocenters. The van der Waals surface area contributed by atoms with Gasteiger partial charge in [-0.3, -0.25) is 20.7 Å². The van der Waals surface area contributed by atoms with Crippen LogP contribution in [0.5, 0.6) is 0 Å². The zero-order valence-electron chi connectivity index (χ0n) is 14.9. The summed E-state index contributed by atoms with van der Waals surface area (Å²) in [5, 5.41) is 16.8. The quantitative estimate of drug-likeness (QED) is 0.372. The van der Waals surface area contributed by atoms with Crippen LogP contribution in [0.15, 0.2) is 36.4 Å². The molecule has 0 bridgehead atoms. The number of nitrogens with zero attached hydrogens (tertiary/aromatic N) is 1. The summed E-state index contributed by atoms with van der Waals surface area (Å²) in [4.78, 5) is 34.0. The van der Waals surface area contributed by atoms with Crippen molar-refractivity contribution in [3.63, 3.8) is 0 Å². The first-order chi connectivity index (χ1) is 14.2. The highest BCUT2D eigenvalue weighted by Gasteiger charge is 2.25. The molecule has 30 heavy (non-hydrogen) atoms. The maximum absolute atomic E-state index is 11.8. The summed E-state index contributed by atoms with van der Waals surface area (Å²) < 4.78 is 9.61. The van der Waals surface area contributed by atoms with Gasteiger partial charge in [-0.15, -0.1) is 0 Å². The SMILES string of the molecule is O=C(Nc1ccc(Cl)c(Cl)c1)OCC(COC(=O)Nc1ccc(Cl)c(Cl)c1)[N+](=O)[O-]. The van der Waals surface area contributed by atoms with Gasteiger partial charge in [-0.1, -0.05) is 46.4 Å². The largest absolute Gasteiger partial charge is 0.442 e. The number of benzene rings is 2. The molecule has 0 unspecified atom stereocenters. The van der Waals surface area contributed by atoms with Crippen molar-refractivity contribution in [2.24, 2.45) is 0 Å². The molecule has 0 radical (unpaired) electrons. The standard InChI is InChI=1S/C17H13Cl4N3O6/c18-12-3-1-9(5-14(12)20)22-16(25)29-7-11(24(27)28)8-30-17(26)23-10-2-4-13(19)15(21)6-10/h1-6,11H,7-8H2,(H,22,25)(H,23,26). The summed E-state index contributed by atoms with van der Waals surface area (Å²) in [6.07, 6.45) is -1.92. The van der Waals surface area contributed by atoms with Crippen LogP contribution in [0.3, 0.4) is 0 Å². The average molecular weight is 497 g/mol. The maximum atomic E-state index is 11.8. The fraction of sp³-hybridized carbons (Fsp3) is 0.176. The second-order valence-corrected chi connectivity index (χ2v) is 7.27. The van der Waals surface area contributed by atoms with Crippen molar-refractivity contribution in [3.8, 4) is 0 Å². The van der Waals surface area contributed by atoms with E-state index in [1.807, 2.05) is 0 Å². The first kappa shape index (κ1) is 23.8. The van der Waals surface area contributed by atoms with Crippen LogP contribution in [0.4, 0.5) is 21.0 Å². The van der Waals surface area contributed by atoms with Gasteiger partial charge in [0.05, 0.1) is 20.1 Å². The van der Waals surface area contributed by atoms with Gasteiger partial charge < -0.3 is 9.47 Å². The van der Waals surface area contributed by atoms with Crippen LogP contribution in [0.25, 0.3) is 0 Å². The number of nitro groups is 1. The normalized spacial score (nSPS) is 10.4. The zero-order chi connectivity index (χ0) is 22.3. The van der Waals surface area contributed by atoms with E-state index < -0.39 is 36.4 Å². The predicted molar refractivity (Wildman–Crippen MR) is 114 cm³/mol. The van der Waals surface area contributed by atoms with E-state index in [4.69, 9.17) is 55.9 Å². The Morgan fingerprint density at radius 2 is 1.23 bits per heavy atom. The van der Waals surface area contributed by atoms with Crippen molar-refractivity contribution >= 4 is 70.0 Å². The maximum Gasteiger partial charge on any atom is 0.411 e. The first-order valence-electron chi connectivity index (χ1n) is 8.07. The average Bonchev–Trinajstić information content (AvgIpc) is 2.67. The van der Waals surface area contributed by atoms with Gasteiger partial charge in [0.25, 0.3) is 6.04 Å². The Morgan fingerprint density at radius 3 is 1.57 bits per heavy atom. The highest BCUT2D eigenvalue weighted by atomic mass is 35.5. The van der Waals surface area contributed by atoms with Crippen LogP contribution in [-0.4, -0.2) is 36.4 Å². The third-order valence-electron chi connectivity index (χ3n) is 3.44. The number of nitrogens with one attached hydrogen (secondary N) is 2. The van der Waals surface area contributed by atoms with Crippen LogP contribution in [0.1, 0.15) is 0 Å². The van der Waals surface area contributed by atoms with Gasteiger partial charge in [0.1, 0.15) is 0 Å². The lowest BCUT2D eigenvalue weighted by Gasteiger charge is -2.12. The van der Waals surface area contributed by atoms with E-state index in [-0.39, 0.29) is 21.4 Å². The molecule has 0 spiro atoms. The molecule has 2 rings (SSSR count). The van der Waals surface area contributed by atoms with E-state index >= 15 is 0 Å².